The third kappa shape index (κ3) is 6.84. The van der Waals surface area contributed by atoms with Crippen molar-refractivity contribution in [2.24, 2.45) is 11.5 Å². The molecule has 0 aromatic heterocycles. The number of rotatable bonds is 10. The number of nitrogen functional groups attached to an aromatic ring is 2. The van der Waals surface area contributed by atoms with Crippen LogP contribution < -0.4 is 11.5 Å². The first-order valence-electron chi connectivity index (χ1n) is 8.21. The molecule has 4 nitrogen and oxygen atoms in total. The Morgan fingerprint density at radius 2 is 1.00 bits per heavy atom. The van der Waals surface area contributed by atoms with E-state index < -0.39 is 0 Å². The number of nitrogens with one attached hydrogen (secondary N) is 2. The molecule has 0 atom stereocenters. The molecule has 0 aliphatic rings. The molecule has 0 unspecified atom stereocenters. The number of unbranched alkanes of at least 4 members (excludes halogenated alkanes) is 2. The molecule has 6 heteroatoms. The number of benzene rings is 2. The minimum Gasteiger partial charge on any atom is -0.384 e. The molecule has 0 aliphatic carbocycles. The second-order valence-corrected chi connectivity index (χ2v) is 7.97. The summed E-state index contributed by atoms with van der Waals surface area (Å²) in [6, 6.07) is 15.7. The Bertz CT molecular complexity index is 635. The van der Waals surface area contributed by atoms with Crippen molar-refractivity contribution >= 4 is 35.2 Å². The molecule has 2 rings (SSSR count). The average molecular weight is 373 g/mol. The van der Waals surface area contributed by atoms with Gasteiger partial charge >= 0.3 is 0 Å². The van der Waals surface area contributed by atoms with E-state index in [4.69, 9.17) is 22.3 Å². The summed E-state index contributed by atoms with van der Waals surface area (Å²) >= 11 is 3.70. The van der Waals surface area contributed by atoms with E-state index in [1.807, 2.05) is 72.1 Å². The van der Waals surface area contributed by atoms with Crippen LogP contribution in [0.25, 0.3) is 0 Å². The minimum absolute atomic E-state index is 0.116. The highest BCUT2D eigenvalue weighted by Crippen LogP contribution is 2.22. The van der Waals surface area contributed by atoms with Crippen LogP contribution in [0.5, 0.6) is 0 Å². The van der Waals surface area contributed by atoms with E-state index in [0.29, 0.717) is 0 Å². The maximum atomic E-state index is 7.38. The summed E-state index contributed by atoms with van der Waals surface area (Å²) in [4.78, 5) is 2.45. The van der Waals surface area contributed by atoms with Crippen LogP contribution in [0.4, 0.5) is 0 Å². The summed E-state index contributed by atoms with van der Waals surface area (Å²) in [6.45, 7) is 0. The fourth-order valence-electron chi connectivity index (χ4n) is 2.22. The van der Waals surface area contributed by atoms with Crippen LogP contribution in [0.1, 0.15) is 30.4 Å². The van der Waals surface area contributed by atoms with Crippen molar-refractivity contribution in [2.75, 3.05) is 11.5 Å². The van der Waals surface area contributed by atoms with Crippen molar-refractivity contribution in [1.82, 2.24) is 0 Å². The van der Waals surface area contributed by atoms with E-state index in [1.165, 1.54) is 29.1 Å². The molecule has 0 radical (unpaired) electrons. The van der Waals surface area contributed by atoms with E-state index >= 15 is 0 Å². The minimum atomic E-state index is 0.116. The number of hydrogen-bond donors (Lipinski definition) is 4. The molecular formula is C19H24N4S2. The van der Waals surface area contributed by atoms with Crippen molar-refractivity contribution in [2.45, 2.75) is 29.1 Å². The highest BCUT2D eigenvalue weighted by molar-refractivity contribution is 7.99. The van der Waals surface area contributed by atoms with Gasteiger partial charge in [-0.1, -0.05) is 30.7 Å². The van der Waals surface area contributed by atoms with Gasteiger partial charge in [0.15, 0.2) is 0 Å². The lowest BCUT2D eigenvalue weighted by molar-refractivity contribution is 0.785. The van der Waals surface area contributed by atoms with E-state index in [-0.39, 0.29) is 11.7 Å². The quantitative estimate of drug-likeness (QED) is 0.216. The Kier molecular flexibility index (Phi) is 7.88. The smallest absolute Gasteiger partial charge is 0.122 e. The fourth-order valence-corrected chi connectivity index (χ4v) is 4.05. The third-order valence-electron chi connectivity index (χ3n) is 3.66. The third-order valence-corrected chi connectivity index (χ3v) is 5.85. The summed E-state index contributed by atoms with van der Waals surface area (Å²) in [5.74, 6) is 2.45. The molecule has 2 aromatic rings. The van der Waals surface area contributed by atoms with Gasteiger partial charge in [-0.3, -0.25) is 10.8 Å². The number of amidine groups is 2. The molecule has 0 spiro atoms. The Labute approximate surface area is 157 Å². The van der Waals surface area contributed by atoms with Gasteiger partial charge in [-0.05, 0) is 48.6 Å². The molecule has 0 saturated carbocycles. The van der Waals surface area contributed by atoms with Gasteiger partial charge in [-0.25, -0.2) is 0 Å². The molecule has 0 bridgehead atoms. The summed E-state index contributed by atoms with van der Waals surface area (Å²) < 4.78 is 0. The molecule has 0 fully saturated rings. The molecule has 6 N–H and O–H groups in total. The molecule has 0 amide bonds. The van der Waals surface area contributed by atoms with Crippen LogP contribution in [0.15, 0.2) is 58.3 Å². The summed E-state index contributed by atoms with van der Waals surface area (Å²) in [6.07, 6.45) is 3.61. The zero-order valence-electron chi connectivity index (χ0n) is 14.1. The van der Waals surface area contributed by atoms with Crippen molar-refractivity contribution in [3.05, 3.63) is 59.7 Å². The second-order valence-electron chi connectivity index (χ2n) is 5.63. The van der Waals surface area contributed by atoms with Gasteiger partial charge in [0.1, 0.15) is 11.7 Å². The Morgan fingerprint density at radius 1 is 0.640 bits per heavy atom. The van der Waals surface area contributed by atoms with Gasteiger partial charge in [-0.15, -0.1) is 23.5 Å². The Morgan fingerprint density at radius 3 is 1.32 bits per heavy atom. The van der Waals surface area contributed by atoms with Gasteiger partial charge in [0.2, 0.25) is 0 Å². The van der Waals surface area contributed by atoms with Crippen LogP contribution in [-0.2, 0) is 0 Å². The number of thioether (sulfide) groups is 2. The highest BCUT2D eigenvalue weighted by Gasteiger charge is 2.00. The summed E-state index contributed by atoms with van der Waals surface area (Å²) in [7, 11) is 0. The van der Waals surface area contributed by atoms with Crippen LogP contribution >= 0.6 is 23.5 Å². The SMILES string of the molecule is N=C(N)c1ccc(SCCCCCSc2ccc(C(=N)N)cc2)cc1. The Hall–Kier alpha value is -1.92. The number of hydrogen-bond acceptors (Lipinski definition) is 4. The van der Waals surface area contributed by atoms with Crippen LogP contribution in [0, 0.1) is 10.8 Å². The van der Waals surface area contributed by atoms with Crippen LogP contribution in [0.3, 0.4) is 0 Å². The molecule has 25 heavy (non-hydrogen) atoms. The van der Waals surface area contributed by atoms with Gasteiger partial charge in [0, 0.05) is 20.9 Å². The predicted molar refractivity (Wildman–Crippen MR) is 110 cm³/mol. The van der Waals surface area contributed by atoms with Gasteiger partial charge < -0.3 is 11.5 Å². The topological polar surface area (TPSA) is 99.7 Å². The lowest BCUT2D eigenvalue weighted by Crippen LogP contribution is -2.10. The first-order chi connectivity index (χ1) is 12.1. The zero-order valence-corrected chi connectivity index (χ0v) is 15.8. The highest BCUT2D eigenvalue weighted by atomic mass is 32.2. The van der Waals surface area contributed by atoms with Crippen molar-refractivity contribution in [1.29, 1.82) is 10.8 Å². The van der Waals surface area contributed by atoms with E-state index in [9.17, 15) is 0 Å². The van der Waals surface area contributed by atoms with E-state index in [1.54, 1.807) is 0 Å². The first kappa shape index (κ1) is 19.4. The molecule has 0 saturated heterocycles. The van der Waals surface area contributed by atoms with Crippen LogP contribution in [0.2, 0.25) is 0 Å². The van der Waals surface area contributed by atoms with E-state index in [0.717, 1.165) is 22.6 Å². The second kappa shape index (κ2) is 10.2. The maximum absolute atomic E-state index is 7.38. The first-order valence-corrected chi connectivity index (χ1v) is 10.2. The van der Waals surface area contributed by atoms with Gasteiger partial charge in [0.25, 0.3) is 0 Å². The summed E-state index contributed by atoms with van der Waals surface area (Å²) in [5, 5.41) is 14.8. The van der Waals surface area contributed by atoms with Gasteiger partial charge in [0.05, 0.1) is 0 Å². The van der Waals surface area contributed by atoms with Crippen molar-refractivity contribution in [3.63, 3.8) is 0 Å². The molecule has 132 valence electrons. The molecule has 0 heterocycles. The normalized spacial score (nSPS) is 10.6. The fraction of sp³-hybridized carbons (Fsp3) is 0.263. The van der Waals surface area contributed by atoms with E-state index in [2.05, 4.69) is 0 Å². The molecule has 0 aliphatic heterocycles. The zero-order chi connectivity index (χ0) is 18.1. The monoisotopic (exact) mass is 372 g/mol. The largest absolute Gasteiger partial charge is 0.384 e. The van der Waals surface area contributed by atoms with Crippen molar-refractivity contribution < 1.29 is 0 Å². The van der Waals surface area contributed by atoms with Crippen molar-refractivity contribution in [3.8, 4) is 0 Å². The lowest BCUT2D eigenvalue weighted by Gasteiger charge is -2.05. The standard InChI is InChI=1S/C19H24N4S2/c20-18(21)14-4-8-16(9-5-14)24-12-2-1-3-13-25-17-10-6-15(7-11-17)19(22)23/h4-11H,1-3,12-13H2,(H3,20,21)(H3,22,23). The average Bonchev–Trinajstić information content (AvgIpc) is 2.61. The lowest BCUT2D eigenvalue weighted by atomic mass is 10.2. The maximum Gasteiger partial charge on any atom is 0.122 e. The predicted octanol–water partition coefficient (Wildman–Crippen LogP) is 4.31. The van der Waals surface area contributed by atoms with Crippen LogP contribution in [-0.4, -0.2) is 23.2 Å². The molecule has 2 aromatic carbocycles. The number of nitrogens with two attached hydrogens (primary N) is 2. The Balaban J connectivity index is 1.57. The van der Waals surface area contributed by atoms with Gasteiger partial charge in [-0.2, -0.15) is 0 Å². The molecular weight excluding hydrogens is 348 g/mol. The summed E-state index contributed by atoms with van der Waals surface area (Å²) in [5.41, 5.74) is 12.5.